The molecule has 7 nitrogen and oxygen atoms in total. The number of anilines is 1. The number of carbonyl (C=O) groups excluding carboxylic acids is 2. The minimum absolute atomic E-state index is 0.0595. The highest BCUT2D eigenvalue weighted by Gasteiger charge is 2.34. The number of piperidine rings is 1. The van der Waals surface area contributed by atoms with Gasteiger partial charge in [0.2, 0.25) is 21.8 Å². The molecule has 3 rings (SSSR count). The van der Waals surface area contributed by atoms with Crippen molar-refractivity contribution in [2.24, 2.45) is 5.92 Å². The number of benzene rings is 1. The number of amides is 2. The van der Waals surface area contributed by atoms with Crippen molar-refractivity contribution in [3.63, 3.8) is 0 Å². The van der Waals surface area contributed by atoms with Gasteiger partial charge < -0.3 is 10.6 Å². The Balaban J connectivity index is 1.54. The van der Waals surface area contributed by atoms with Crippen molar-refractivity contribution in [1.29, 1.82) is 0 Å². The van der Waals surface area contributed by atoms with Crippen LogP contribution in [-0.2, 0) is 26.2 Å². The lowest BCUT2D eigenvalue weighted by molar-refractivity contribution is -0.125. The number of rotatable bonds is 6. The molecule has 2 N–H and O–H groups in total. The molecule has 1 saturated heterocycles. The van der Waals surface area contributed by atoms with Gasteiger partial charge in [0.15, 0.2) is 0 Å². The van der Waals surface area contributed by atoms with E-state index in [4.69, 9.17) is 0 Å². The third kappa shape index (κ3) is 4.82. The molecule has 1 aliphatic heterocycles. The van der Waals surface area contributed by atoms with E-state index in [0.717, 1.165) is 43.2 Å². The highest BCUT2D eigenvalue weighted by atomic mass is 32.2. The summed E-state index contributed by atoms with van der Waals surface area (Å²) in [5.41, 5.74) is 1.64. The lowest BCUT2D eigenvalue weighted by atomic mass is 10.0. The van der Waals surface area contributed by atoms with Crippen molar-refractivity contribution < 1.29 is 18.0 Å². The second-order valence-corrected chi connectivity index (χ2v) is 9.00. The third-order valence-electron chi connectivity index (χ3n) is 4.82. The van der Waals surface area contributed by atoms with E-state index < -0.39 is 16.1 Å². The molecular weight excluding hydrogens is 354 g/mol. The summed E-state index contributed by atoms with van der Waals surface area (Å²) >= 11 is 0. The Morgan fingerprint density at radius 1 is 1.08 bits per heavy atom. The Labute approximate surface area is 154 Å². The van der Waals surface area contributed by atoms with E-state index >= 15 is 0 Å². The average Bonchev–Trinajstić information content (AvgIpc) is 3.45. The highest BCUT2D eigenvalue weighted by Crippen LogP contribution is 2.30. The number of hydrogen-bond donors (Lipinski definition) is 2. The predicted octanol–water partition coefficient (Wildman–Crippen LogP) is 1.47. The molecule has 1 heterocycles. The number of nitrogens with zero attached hydrogens (tertiary/aromatic N) is 1. The van der Waals surface area contributed by atoms with Gasteiger partial charge in [0.1, 0.15) is 6.04 Å². The maximum Gasteiger partial charge on any atom is 0.238 e. The topological polar surface area (TPSA) is 95.6 Å². The van der Waals surface area contributed by atoms with Gasteiger partial charge >= 0.3 is 0 Å². The van der Waals surface area contributed by atoms with Gasteiger partial charge in [-0.3, -0.25) is 9.59 Å². The first kappa shape index (κ1) is 18.8. The summed E-state index contributed by atoms with van der Waals surface area (Å²) in [6.45, 7) is 0.718. The van der Waals surface area contributed by atoms with Crippen LogP contribution in [0, 0.1) is 5.92 Å². The zero-order valence-electron chi connectivity index (χ0n) is 14.9. The van der Waals surface area contributed by atoms with Crippen LogP contribution in [0.4, 0.5) is 5.69 Å². The lowest BCUT2D eigenvalue weighted by Crippen LogP contribution is -2.51. The molecule has 2 amide bonds. The van der Waals surface area contributed by atoms with Gasteiger partial charge in [-0.15, -0.1) is 0 Å². The summed E-state index contributed by atoms with van der Waals surface area (Å²) in [4.78, 5) is 24.2. The quantitative estimate of drug-likeness (QED) is 0.782. The zero-order valence-corrected chi connectivity index (χ0v) is 15.7. The van der Waals surface area contributed by atoms with Crippen LogP contribution < -0.4 is 10.6 Å². The molecule has 0 bridgehead atoms. The average molecular weight is 379 g/mol. The molecule has 0 radical (unpaired) electrons. The van der Waals surface area contributed by atoms with E-state index in [1.54, 1.807) is 0 Å². The first-order chi connectivity index (χ1) is 12.3. The van der Waals surface area contributed by atoms with Crippen molar-refractivity contribution in [1.82, 2.24) is 9.62 Å². The molecule has 1 aliphatic carbocycles. The molecule has 2 fully saturated rings. The van der Waals surface area contributed by atoms with Crippen LogP contribution in [0.5, 0.6) is 0 Å². The van der Waals surface area contributed by atoms with Gasteiger partial charge in [0.25, 0.3) is 0 Å². The fourth-order valence-corrected chi connectivity index (χ4v) is 4.29. The summed E-state index contributed by atoms with van der Waals surface area (Å²) in [5, 5.41) is 5.70. The van der Waals surface area contributed by atoms with Gasteiger partial charge in [-0.2, -0.15) is 4.31 Å². The molecule has 1 atom stereocenters. The largest absolute Gasteiger partial charge is 0.351 e. The van der Waals surface area contributed by atoms with Crippen molar-refractivity contribution in [3.8, 4) is 0 Å². The van der Waals surface area contributed by atoms with Crippen LogP contribution in [0.1, 0.15) is 37.7 Å². The molecule has 26 heavy (non-hydrogen) atoms. The monoisotopic (exact) mass is 379 g/mol. The normalized spacial score (nSPS) is 21.2. The van der Waals surface area contributed by atoms with Gasteiger partial charge in [-0.1, -0.05) is 18.6 Å². The van der Waals surface area contributed by atoms with Crippen LogP contribution in [0.3, 0.4) is 0 Å². The SMILES string of the molecule is CS(=O)(=O)N1CCCC[C@@H]1C(=O)NCc1ccc(NC(=O)C2CC2)cc1. The molecule has 142 valence electrons. The second-order valence-electron chi connectivity index (χ2n) is 7.06. The number of carbonyl (C=O) groups is 2. The highest BCUT2D eigenvalue weighted by molar-refractivity contribution is 7.88. The Hall–Kier alpha value is -1.93. The standard InChI is InChI=1S/C18H25N3O4S/c1-26(24,25)21-11-3-2-4-16(21)18(23)19-12-13-5-9-15(10-6-13)20-17(22)14-7-8-14/h5-6,9-10,14,16H,2-4,7-8,11-12H2,1H3,(H,19,23)(H,20,22)/t16-/m1/s1. The van der Waals surface area contributed by atoms with Crippen molar-refractivity contribution in [3.05, 3.63) is 29.8 Å². The molecule has 1 saturated carbocycles. The minimum Gasteiger partial charge on any atom is -0.351 e. The van der Waals surface area contributed by atoms with Crippen LogP contribution >= 0.6 is 0 Å². The fraction of sp³-hybridized carbons (Fsp3) is 0.556. The minimum atomic E-state index is -3.39. The molecule has 0 unspecified atom stereocenters. The van der Waals surface area contributed by atoms with Crippen LogP contribution in [0.2, 0.25) is 0 Å². The predicted molar refractivity (Wildman–Crippen MR) is 98.8 cm³/mol. The van der Waals surface area contributed by atoms with E-state index in [9.17, 15) is 18.0 Å². The smallest absolute Gasteiger partial charge is 0.238 e. The Kier molecular flexibility index (Phi) is 5.62. The first-order valence-electron chi connectivity index (χ1n) is 8.99. The molecule has 8 heteroatoms. The summed E-state index contributed by atoms with van der Waals surface area (Å²) < 4.78 is 25.0. The summed E-state index contributed by atoms with van der Waals surface area (Å²) in [5.74, 6) is -0.0484. The first-order valence-corrected chi connectivity index (χ1v) is 10.8. The molecular formula is C18H25N3O4S. The van der Waals surface area contributed by atoms with Crippen molar-refractivity contribution in [2.75, 3.05) is 18.1 Å². The molecule has 1 aromatic rings. The summed E-state index contributed by atoms with van der Waals surface area (Å²) in [7, 11) is -3.39. The van der Waals surface area contributed by atoms with E-state index in [-0.39, 0.29) is 17.7 Å². The van der Waals surface area contributed by atoms with E-state index in [2.05, 4.69) is 10.6 Å². The zero-order chi connectivity index (χ0) is 18.7. The Morgan fingerprint density at radius 3 is 2.38 bits per heavy atom. The van der Waals surface area contributed by atoms with E-state index in [1.165, 1.54) is 4.31 Å². The van der Waals surface area contributed by atoms with Crippen molar-refractivity contribution >= 4 is 27.5 Å². The van der Waals surface area contributed by atoms with Crippen molar-refractivity contribution in [2.45, 2.75) is 44.7 Å². The maximum absolute atomic E-state index is 12.4. The summed E-state index contributed by atoms with van der Waals surface area (Å²) in [6, 6.07) is 6.68. The number of nitrogens with one attached hydrogen (secondary N) is 2. The van der Waals surface area contributed by atoms with Gasteiger partial charge in [0, 0.05) is 24.7 Å². The number of sulfonamides is 1. The van der Waals surface area contributed by atoms with E-state index in [0.29, 0.717) is 19.5 Å². The Bertz CT molecular complexity index is 772. The van der Waals surface area contributed by atoms with Crippen LogP contribution in [0.25, 0.3) is 0 Å². The molecule has 1 aromatic carbocycles. The van der Waals surface area contributed by atoms with Gasteiger partial charge in [-0.05, 0) is 43.4 Å². The fourth-order valence-electron chi connectivity index (χ4n) is 3.17. The summed E-state index contributed by atoms with van der Waals surface area (Å²) in [6.07, 6.45) is 5.24. The van der Waals surface area contributed by atoms with Gasteiger partial charge in [0.05, 0.1) is 6.26 Å². The van der Waals surface area contributed by atoms with Crippen LogP contribution in [-0.4, -0.2) is 43.4 Å². The number of hydrogen-bond acceptors (Lipinski definition) is 4. The molecule has 0 aromatic heterocycles. The molecule has 2 aliphatic rings. The second kappa shape index (κ2) is 7.75. The van der Waals surface area contributed by atoms with Crippen LogP contribution in [0.15, 0.2) is 24.3 Å². The van der Waals surface area contributed by atoms with E-state index in [1.807, 2.05) is 24.3 Å². The molecule has 0 spiro atoms. The maximum atomic E-state index is 12.4. The third-order valence-corrected chi connectivity index (χ3v) is 6.11. The Morgan fingerprint density at radius 2 is 1.77 bits per heavy atom. The van der Waals surface area contributed by atoms with Gasteiger partial charge in [-0.25, -0.2) is 8.42 Å². The lowest BCUT2D eigenvalue weighted by Gasteiger charge is -2.32.